The molecule has 0 spiro atoms. The summed E-state index contributed by atoms with van der Waals surface area (Å²) in [5.74, 6) is 0.912. The number of para-hydroxylation sites is 1. The lowest BCUT2D eigenvalue weighted by Crippen LogP contribution is -2.30. The largest absolute Gasteiger partial charge is 0.420 e. The molecule has 2 aromatic rings. The van der Waals surface area contributed by atoms with Crippen molar-refractivity contribution in [2.75, 3.05) is 11.9 Å². The Morgan fingerprint density at radius 3 is 2.68 bits per heavy atom. The standard InChI is InChI=1S/C13H10BrClN2O2/c1-17(12-11(14)7-9(15)8-16-12)13(18)19-10-5-3-2-4-6-10/h2-8H,1H3. The van der Waals surface area contributed by atoms with E-state index in [-0.39, 0.29) is 0 Å². The van der Waals surface area contributed by atoms with E-state index in [1.54, 1.807) is 37.4 Å². The Morgan fingerprint density at radius 1 is 1.37 bits per heavy atom. The SMILES string of the molecule is CN(C(=O)Oc1ccccc1)c1ncc(Cl)cc1Br. The molecule has 0 saturated heterocycles. The summed E-state index contributed by atoms with van der Waals surface area (Å²) in [7, 11) is 1.58. The number of aromatic nitrogens is 1. The van der Waals surface area contributed by atoms with Crippen LogP contribution in [0.5, 0.6) is 5.75 Å². The van der Waals surface area contributed by atoms with Crippen molar-refractivity contribution < 1.29 is 9.53 Å². The lowest BCUT2D eigenvalue weighted by molar-refractivity contribution is 0.209. The number of pyridine rings is 1. The van der Waals surface area contributed by atoms with Gasteiger partial charge in [0.1, 0.15) is 5.75 Å². The van der Waals surface area contributed by atoms with E-state index in [4.69, 9.17) is 16.3 Å². The molecule has 0 aliphatic heterocycles. The number of amides is 1. The zero-order valence-electron chi connectivity index (χ0n) is 10.0. The van der Waals surface area contributed by atoms with Gasteiger partial charge < -0.3 is 4.74 Å². The number of hydrogen-bond acceptors (Lipinski definition) is 3. The van der Waals surface area contributed by atoms with Gasteiger partial charge in [0.25, 0.3) is 0 Å². The van der Waals surface area contributed by atoms with Gasteiger partial charge in [0.05, 0.1) is 9.50 Å². The van der Waals surface area contributed by atoms with Gasteiger partial charge in [-0.2, -0.15) is 0 Å². The zero-order valence-corrected chi connectivity index (χ0v) is 12.4. The molecule has 0 unspecified atom stereocenters. The summed E-state index contributed by atoms with van der Waals surface area (Å²) in [6, 6.07) is 10.5. The van der Waals surface area contributed by atoms with Crippen LogP contribution in [0.3, 0.4) is 0 Å². The van der Waals surface area contributed by atoms with Gasteiger partial charge in [0.15, 0.2) is 5.82 Å². The van der Waals surface area contributed by atoms with Gasteiger partial charge in [-0.25, -0.2) is 9.78 Å². The maximum absolute atomic E-state index is 12.0. The van der Waals surface area contributed by atoms with Crippen LogP contribution in [0.1, 0.15) is 0 Å². The molecular formula is C13H10BrClN2O2. The number of rotatable bonds is 2. The molecule has 1 heterocycles. The Morgan fingerprint density at radius 2 is 2.05 bits per heavy atom. The summed E-state index contributed by atoms with van der Waals surface area (Å²) in [4.78, 5) is 17.3. The van der Waals surface area contributed by atoms with Crippen LogP contribution >= 0.6 is 27.5 Å². The highest BCUT2D eigenvalue weighted by atomic mass is 79.9. The van der Waals surface area contributed by atoms with Crippen LogP contribution in [-0.2, 0) is 0 Å². The Kier molecular flexibility index (Phi) is 4.39. The summed E-state index contributed by atoms with van der Waals surface area (Å²) in [5, 5.41) is 0.487. The van der Waals surface area contributed by atoms with Crippen molar-refractivity contribution in [3.05, 3.63) is 52.1 Å². The summed E-state index contributed by atoms with van der Waals surface area (Å²) < 4.78 is 5.83. The number of benzene rings is 1. The fourth-order valence-electron chi connectivity index (χ4n) is 1.40. The average molecular weight is 342 g/mol. The van der Waals surface area contributed by atoms with Crippen LogP contribution < -0.4 is 9.64 Å². The lowest BCUT2D eigenvalue weighted by atomic mass is 10.3. The Labute approximate surface area is 124 Å². The van der Waals surface area contributed by atoms with Crippen LogP contribution in [0, 0.1) is 0 Å². The Balaban J connectivity index is 2.15. The minimum absolute atomic E-state index is 0.435. The molecule has 0 aliphatic carbocycles. The van der Waals surface area contributed by atoms with Crippen molar-refractivity contribution >= 4 is 39.4 Å². The van der Waals surface area contributed by atoms with Crippen molar-refractivity contribution in [1.82, 2.24) is 4.98 Å². The fraction of sp³-hybridized carbons (Fsp3) is 0.0769. The average Bonchev–Trinajstić information content (AvgIpc) is 2.39. The van der Waals surface area contributed by atoms with Gasteiger partial charge in [0.2, 0.25) is 0 Å². The first kappa shape index (κ1) is 13.8. The van der Waals surface area contributed by atoms with E-state index in [0.717, 1.165) is 0 Å². The molecule has 19 heavy (non-hydrogen) atoms. The number of ether oxygens (including phenoxy) is 1. The van der Waals surface area contributed by atoms with E-state index >= 15 is 0 Å². The summed E-state index contributed by atoms with van der Waals surface area (Å²) in [5.41, 5.74) is 0. The molecule has 1 aromatic carbocycles. The predicted molar refractivity (Wildman–Crippen MR) is 77.8 cm³/mol. The smallest absolute Gasteiger partial charge is 0.410 e. The summed E-state index contributed by atoms with van der Waals surface area (Å²) >= 11 is 9.11. The van der Waals surface area contributed by atoms with Crippen molar-refractivity contribution in [3.8, 4) is 5.75 Å². The molecule has 0 bridgehead atoms. The van der Waals surface area contributed by atoms with Gasteiger partial charge in [-0.15, -0.1) is 0 Å². The summed E-state index contributed by atoms with van der Waals surface area (Å²) in [6.45, 7) is 0. The van der Waals surface area contributed by atoms with Crippen LogP contribution in [0.2, 0.25) is 5.02 Å². The highest BCUT2D eigenvalue weighted by Crippen LogP contribution is 2.26. The van der Waals surface area contributed by atoms with Crippen LogP contribution in [0.15, 0.2) is 47.1 Å². The maximum atomic E-state index is 12.0. The zero-order chi connectivity index (χ0) is 13.8. The molecule has 1 aromatic heterocycles. The molecule has 0 aliphatic rings. The molecule has 2 rings (SSSR count). The van der Waals surface area contributed by atoms with E-state index in [1.807, 2.05) is 6.07 Å². The normalized spacial score (nSPS) is 10.1. The quantitative estimate of drug-likeness (QED) is 0.824. The second kappa shape index (κ2) is 6.04. The molecule has 6 heteroatoms. The highest BCUT2D eigenvalue weighted by Gasteiger charge is 2.17. The molecule has 4 nitrogen and oxygen atoms in total. The van der Waals surface area contributed by atoms with Crippen LogP contribution in [0.25, 0.3) is 0 Å². The van der Waals surface area contributed by atoms with Gasteiger partial charge in [0, 0.05) is 13.2 Å². The minimum Gasteiger partial charge on any atom is -0.410 e. The van der Waals surface area contributed by atoms with Crippen molar-refractivity contribution in [2.45, 2.75) is 0 Å². The Hall–Kier alpha value is -1.59. The van der Waals surface area contributed by atoms with Crippen molar-refractivity contribution in [2.24, 2.45) is 0 Å². The third kappa shape index (κ3) is 3.45. The van der Waals surface area contributed by atoms with Crippen molar-refractivity contribution in [3.63, 3.8) is 0 Å². The molecule has 0 fully saturated rings. The summed E-state index contributed by atoms with van der Waals surface area (Å²) in [6.07, 6.45) is 0.940. The maximum Gasteiger partial charge on any atom is 0.420 e. The molecule has 0 N–H and O–H groups in total. The third-order valence-corrected chi connectivity index (χ3v) is 3.12. The van der Waals surface area contributed by atoms with Crippen LogP contribution in [-0.4, -0.2) is 18.1 Å². The van der Waals surface area contributed by atoms with Crippen LogP contribution in [0.4, 0.5) is 10.6 Å². The van der Waals surface area contributed by atoms with E-state index in [1.165, 1.54) is 11.1 Å². The second-order valence-corrected chi connectivity index (χ2v) is 4.99. The second-order valence-electron chi connectivity index (χ2n) is 3.70. The molecule has 0 atom stereocenters. The number of anilines is 1. The number of carbonyl (C=O) groups is 1. The first-order chi connectivity index (χ1) is 9.08. The Bertz CT molecular complexity index is 592. The number of hydrogen-bond donors (Lipinski definition) is 0. The monoisotopic (exact) mass is 340 g/mol. The topological polar surface area (TPSA) is 42.4 Å². The molecule has 0 saturated carbocycles. The van der Waals surface area contributed by atoms with E-state index in [2.05, 4.69) is 20.9 Å². The van der Waals surface area contributed by atoms with Crippen molar-refractivity contribution in [1.29, 1.82) is 0 Å². The first-order valence-corrected chi connectivity index (χ1v) is 6.56. The number of halogens is 2. The van der Waals surface area contributed by atoms with Gasteiger partial charge >= 0.3 is 6.09 Å². The number of carbonyl (C=O) groups excluding carboxylic acids is 1. The molecule has 1 amide bonds. The molecule has 98 valence electrons. The van der Waals surface area contributed by atoms with Gasteiger partial charge in [-0.3, -0.25) is 4.90 Å². The first-order valence-electron chi connectivity index (χ1n) is 5.39. The van der Waals surface area contributed by atoms with E-state index < -0.39 is 6.09 Å². The molecular weight excluding hydrogens is 332 g/mol. The third-order valence-electron chi connectivity index (χ3n) is 2.33. The van der Waals surface area contributed by atoms with Gasteiger partial charge in [-0.05, 0) is 34.1 Å². The van der Waals surface area contributed by atoms with E-state index in [9.17, 15) is 4.79 Å². The predicted octanol–water partition coefficient (Wildman–Crippen LogP) is 4.13. The van der Waals surface area contributed by atoms with E-state index in [0.29, 0.717) is 21.1 Å². The van der Waals surface area contributed by atoms with Gasteiger partial charge in [-0.1, -0.05) is 29.8 Å². The lowest BCUT2D eigenvalue weighted by Gasteiger charge is -2.17. The highest BCUT2D eigenvalue weighted by molar-refractivity contribution is 9.10. The molecule has 0 radical (unpaired) electrons. The number of nitrogens with zero attached hydrogens (tertiary/aromatic N) is 2. The fourth-order valence-corrected chi connectivity index (χ4v) is 2.30. The minimum atomic E-state index is -0.526.